The SMILES string of the molecule is CCCCCCC[C@H]1CC[C@H](C(C)(C=O)C2CCCCC2)CC1. The highest BCUT2D eigenvalue weighted by molar-refractivity contribution is 5.60. The largest absolute Gasteiger partial charge is 0.303 e. The first-order chi connectivity index (χ1) is 11.2. The van der Waals surface area contributed by atoms with E-state index in [0.29, 0.717) is 11.8 Å². The summed E-state index contributed by atoms with van der Waals surface area (Å²) in [4.78, 5) is 12.0. The fourth-order valence-electron chi connectivity index (χ4n) is 5.36. The van der Waals surface area contributed by atoms with E-state index in [-0.39, 0.29) is 5.41 Å². The number of aldehydes is 1. The number of unbranched alkanes of at least 4 members (excludes halogenated alkanes) is 4. The van der Waals surface area contributed by atoms with Crippen LogP contribution in [0, 0.1) is 23.2 Å². The third-order valence-corrected chi connectivity index (χ3v) is 7.18. The zero-order chi connectivity index (χ0) is 16.5. The number of carbonyl (C=O) groups is 1. The standard InChI is InChI=1S/C22H40O/c1-3-4-5-6-8-11-19-14-16-21(17-15-19)22(2,18-23)20-12-9-7-10-13-20/h18-21H,3-17H2,1-2H3/t19-,21-,22?. The molecule has 23 heavy (non-hydrogen) atoms. The molecule has 0 amide bonds. The maximum atomic E-state index is 12.0. The Hall–Kier alpha value is -0.330. The molecule has 0 heterocycles. The fraction of sp³-hybridized carbons (Fsp3) is 0.955. The van der Waals surface area contributed by atoms with Gasteiger partial charge in [0.25, 0.3) is 0 Å². The summed E-state index contributed by atoms with van der Waals surface area (Å²) in [5, 5.41) is 0. The Labute approximate surface area is 145 Å². The van der Waals surface area contributed by atoms with Gasteiger partial charge in [-0.05, 0) is 43.4 Å². The van der Waals surface area contributed by atoms with Gasteiger partial charge in [0.1, 0.15) is 6.29 Å². The van der Waals surface area contributed by atoms with E-state index in [1.165, 1.54) is 103 Å². The molecule has 0 radical (unpaired) electrons. The lowest BCUT2D eigenvalue weighted by Crippen LogP contribution is -2.40. The quantitative estimate of drug-likeness (QED) is 0.332. The Morgan fingerprint density at radius 2 is 1.43 bits per heavy atom. The maximum Gasteiger partial charge on any atom is 0.126 e. The minimum Gasteiger partial charge on any atom is -0.303 e. The third kappa shape index (κ3) is 5.33. The molecule has 0 aliphatic heterocycles. The second kappa shape index (κ2) is 9.84. The number of rotatable bonds is 9. The molecule has 1 atom stereocenters. The van der Waals surface area contributed by atoms with Crippen LogP contribution in [0.25, 0.3) is 0 Å². The highest BCUT2D eigenvalue weighted by atomic mass is 16.1. The summed E-state index contributed by atoms with van der Waals surface area (Å²) in [5.41, 5.74) is -0.0213. The van der Waals surface area contributed by atoms with Crippen LogP contribution in [0.3, 0.4) is 0 Å². The van der Waals surface area contributed by atoms with Gasteiger partial charge in [0.05, 0.1) is 0 Å². The van der Waals surface area contributed by atoms with Crippen molar-refractivity contribution in [3.63, 3.8) is 0 Å². The summed E-state index contributed by atoms with van der Waals surface area (Å²) >= 11 is 0. The molecule has 2 fully saturated rings. The molecule has 1 heteroatoms. The first-order valence-corrected chi connectivity index (χ1v) is 10.7. The van der Waals surface area contributed by atoms with Crippen LogP contribution in [0.4, 0.5) is 0 Å². The summed E-state index contributed by atoms with van der Waals surface area (Å²) in [6.45, 7) is 4.59. The monoisotopic (exact) mass is 320 g/mol. The Morgan fingerprint density at radius 1 is 0.826 bits per heavy atom. The summed E-state index contributed by atoms with van der Waals surface area (Å²) in [5.74, 6) is 2.29. The number of hydrogen-bond donors (Lipinski definition) is 0. The van der Waals surface area contributed by atoms with E-state index in [9.17, 15) is 4.79 Å². The summed E-state index contributed by atoms with van der Waals surface area (Å²) in [6, 6.07) is 0. The second-order valence-electron chi connectivity index (χ2n) is 8.74. The molecular formula is C22H40O. The van der Waals surface area contributed by atoms with Crippen molar-refractivity contribution in [1.82, 2.24) is 0 Å². The molecule has 0 saturated heterocycles. The van der Waals surface area contributed by atoms with Crippen molar-refractivity contribution in [3.8, 4) is 0 Å². The van der Waals surface area contributed by atoms with Gasteiger partial charge < -0.3 is 4.79 Å². The topological polar surface area (TPSA) is 17.1 Å². The molecule has 2 rings (SSSR count). The molecule has 0 bridgehead atoms. The van der Waals surface area contributed by atoms with E-state index in [1.54, 1.807) is 0 Å². The van der Waals surface area contributed by atoms with Gasteiger partial charge in [-0.3, -0.25) is 0 Å². The van der Waals surface area contributed by atoms with Crippen molar-refractivity contribution in [2.75, 3.05) is 0 Å². The van der Waals surface area contributed by atoms with Gasteiger partial charge in [-0.1, -0.05) is 84.5 Å². The zero-order valence-corrected chi connectivity index (χ0v) is 15.8. The van der Waals surface area contributed by atoms with E-state index in [2.05, 4.69) is 13.8 Å². The smallest absolute Gasteiger partial charge is 0.126 e. The van der Waals surface area contributed by atoms with Crippen molar-refractivity contribution >= 4 is 6.29 Å². The zero-order valence-electron chi connectivity index (χ0n) is 15.8. The summed E-state index contributed by atoms with van der Waals surface area (Å²) in [7, 11) is 0. The summed E-state index contributed by atoms with van der Waals surface area (Å²) in [6.07, 6.45) is 21.9. The van der Waals surface area contributed by atoms with Crippen LogP contribution in [0.2, 0.25) is 0 Å². The van der Waals surface area contributed by atoms with Gasteiger partial charge in [0.15, 0.2) is 0 Å². The lowest BCUT2D eigenvalue weighted by Gasteiger charge is -2.44. The molecule has 0 spiro atoms. The van der Waals surface area contributed by atoms with Gasteiger partial charge >= 0.3 is 0 Å². The van der Waals surface area contributed by atoms with E-state index in [1.807, 2.05) is 0 Å². The maximum absolute atomic E-state index is 12.0. The van der Waals surface area contributed by atoms with Crippen molar-refractivity contribution < 1.29 is 4.79 Å². The molecule has 0 aromatic carbocycles. The van der Waals surface area contributed by atoms with Crippen LogP contribution in [-0.4, -0.2) is 6.29 Å². The minimum atomic E-state index is -0.0213. The molecule has 134 valence electrons. The van der Waals surface area contributed by atoms with Gasteiger partial charge in [-0.25, -0.2) is 0 Å². The molecule has 2 aliphatic carbocycles. The van der Waals surface area contributed by atoms with Crippen LogP contribution in [0.5, 0.6) is 0 Å². The van der Waals surface area contributed by atoms with Gasteiger partial charge in [0.2, 0.25) is 0 Å². The van der Waals surface area contributed by atoms with E-state index >= 15 is 0 Å². The third-order valence-electron chi connectivity index (χ3n) is 7.18. The van der Waals surface area contributed by atoms with Gasteiger partial charge in [0, 0.05) is 5.41 Å². The Balaban J connectivity index is 1.74. The van der Waals surface area contributed by atoms with Crippen LogP contribution in [0.1, 0.15) is 110 Å². The number of carbonyl (C=O) groups excluding carboxylic acids is 1. The molecule has 0 N–H and O–H groups in total. The second-order valence-corrected chi connectivity index (χ2v) is 8.74. The van der Waals surface area contributed by atoms with Crippen molar-refractivity contribution in [3.05, 3.63) is 0 Å². The molecular weight excluding hydrogens is 280 g/mol. The lowest BCUT2D eigenvalue weighted by atomic mass is 9.59. The molecule has 1 nitrogen and oxygen atoms in total. The van der Waals surface area contributed by atoms with Crippen molar-refractivity contribution in [2.24, 2.45) is 23.2 Å². The molecule has 2 saturated carbocycles. The van der Waals surface area contributed by atoms with E-state index in [0.717, 1.165) is 5.92 Å². The Morgan fingerprint density at radius 3 is 2.04 bits per heavy atom. The molecule has 1 unspecified atom stereocenters. The van der Waals surface area contributed by atoms with Crippen molar-refractivity contribution in [1.29, 1.82) is 0 Å². The minimum absolute atomic E-state index is 0.0213. The molecule has 2 aliphatic rings. The highest BCUT2D eigenvalue weighted by Crippen LogP contribution is 2.48. The average molecular weight is 321 g/mol. The first kappa shape index (κ1) is 19.0. The molecule has 0 aromatic rings. The van der Waals surface area contributed by atoms with Gasteiger partial charge in [-0.15, -0.1) is 0 Å². The highest BCUT2D eigenvalue weighted by Gasteiger charge is 2.42. The molecule has 0 aromatic heterocycles. The van der Waals surface area contributed by atoms with Crippen LogP contribution in [0.15, 0.2) is 0 Å². The Kier molecular flexibility index (Phi) is 8.13. The van der Waals surface area contributed by atoms with Gasteiger partial charge in [-0.2, -0.15) is 0 Å². The van der Waals surface area contributed by atoms with Crippen molar-refractivity contribution in [2.45, 2.75) is 110 Å². The first-order valence-electron chi connectivity index (χ1n) is 10.7. The predicted molar refractivity (Wildman–Crippen MR) is 99.6 cm³/mol. The lowest BCUT2D eigenvalue weighted by molar-refractivity contribution is -0.124. The van der Waals surface area contributed by atoms with E-state index in [4.69, 9.17) is 0 Å². The average Bonchev–Trinajstić information content (AvgIpc) is 2.62. The number of hydrogen-bond acceptors (Lipinski definition) is 1. The summed E-state index contributed by atoms with van der Waals surface area (Å²) < 4.78 is 0. The normalized spacial score (nSPS) is 29.1. The fourth-order valence-corrected chi connectivity index (χ4v) is 5.36. The van der Waals surface area contributed by atoms with Crippen LogP contribution < -0.4 is 0 Å². The van der Waals surface area contributed by atoms with Crippen LogP contribution in [-0.2, 0) is 4.79 Å². The van der Waals surface area contributed by atoms with E-state index < -0.39 is 0 Å². The van der Waals surface area contributed by atoms with Crippen LogP contribution >= 0.6 is 0 Å². The predicted octanol–water partition coefficient (Wildman–Crippen LogP) is 6.94. The Bertz CT molecular complexity index is 323.